The first kappa shape index (κ1) is 6.93. The Bertz CT molecular complexity index is 95.1. The van der Waals surface area contributed by atoms with Gasteiger partial charge in [0.15, 0.2) is 0 Å². The van der Waals surface area contributed by atoms with E-state index in [1.807, 2.05) is 0 Å². The molecule has 0 aromatic rings. The highest BCUT2D eigenvalue weighted by Crippen LogP contribution is 2.30. The smallest absolute Gasteiger partial charge is 0.243 e. The van der Waals surface area contributed by atoms with Crippen LogP contribution in [0.1, 0.15) is 19.3 Å². The van der Waals surface area contributed by atoms with Crippen molar-refractivity contribution in [2.45, 2.75) is 31.8 Å². The molecule has 0 bridgehead atoms. The minimum Gasteiger partial charge on any atom is -0.393 e. The Morgan fingerprint density at radius 1 is 1.33 bits per heavy atom. The lowest BCUT2D eigenvalue weighted by atomic mass is 10.1. The van der Waals surface area contributed by atoms with Crippen LogP contribution in [0.5, 0.6) is 0 Å². The molecule has 1 nitrogen and oxygen atoms in total. The van der Waals surface area contributed by atoms with Crippen molar-refractivity contribution in [2.75, 3.05) is 0 Å². The Morgan fingerprint density at radius 2 is 2.00 bits per heavy atom. The van der Waals surface area contributed by atoms with Gasteiger partial charge in [-0.2, -0.15) is 0 Å². The minimum absolute atomic E-state index is 0.485. The van der Waals surface area contributed by atoms with Gasteiger partial charge in [0.25, 0.3) is 0 Å². The molecular weight excluding hydrogens is 126 g/mol. The molecule has 1 aliphatic carbocycles. The maximum Gasteiger partial charge on any atom is 0.243 e. The molecule has 3 heteroatoms. The number of aliphatic hydroxyl groups excluding tert-OH is 1. The SMILES string of the molecule is OC1CCCC1C(F)F. The predicted molar refractivity (Wildman–Crippen MR) is 29.4 cm³/mol. The average Bonchev–Trinajstić information content (AvgIpc) is 2.13. The van der Waals surface area contributed by atoms with Crippen LogP contribution in [0.15, 0.2) is 0 Å². The Kier molecular flexibility index (Phi) is 2.01. The topological polar surface area (TPSA) is 20.2 Å². The minimum atomic E-state index is -2.33. The van der Waals surface area contributed by atoms with Gasteiger partial charge in [-0.25, -0.2) is 8.78 Å². The van der Waals surface area contributed by atoms with Crippen LogP contribution in [0.25, 0.3) is 0 Å². The molecule has 2 atom stereocenters. The molecule has 0 saturated heterocycles. The van der Waals surface area contributed by atoms with E-state index < -0.39 is 18.4 Å². The van der Waals surface area contributed by atoms with E-state index in [1.54, 1.807) is 0 Å². The second-order valence-electron chi connectivity index (χ2n) is 2.50. The highest BCUT2D eigenvalue weighted by molar-refractivity contribution is 4.77. The summed E-state index contributed by atoms with van der Waals surface area (Å²) in [6, 6.07) is 0. The summed E-state index contributed by atoms with van der Waals surface area (Å²) in [4.78, 5) is 0. The van der Waals surface area contributed by atoms with Crippen molar-refractivity contribution in [2.24, 2.45) is 5.92 Å². The quantitative estimate of drug-likeness (QED) is 0.577. The third kappa shape index (κ3) is 1.39. The lowest BCUT2D eigenvalue weighted by Crippen LogP contribution is -2.20. The highest BCUT2D eigenvalue weighted by atomic mass is 19.3. The zero-order chi connectivity index (χ0) is 6.85. The van der Waals surface area contributed by atoms with Gasteiger partial charge >= 0.3 is 0 Å². The lowest BCUT2D eigenvalue weighted by Gasteiger charge is -2.11. The monoisotopic (exact) mass is 136 g/mol. The summed E-state index contributed by atoms with van der Waals surface area (Å²) in [6.07, 6.45) is -1.29. The fourth-order valence-corrected chi connectivity index (χ4v) is 1.26. The first-order valence-corrected chi connectivity index (χ1v) is 3.18. The van der Waals surface area contributed by atoms with E-state index in [2.05, 4.69) is 0 Å². The van der Waals surface area contributed by atoms with E-state index in [1.165, 1.54) is 0 Å². The summed E-state index contributed by atoms with van der Waals surface area (Å²) < 4.78 is 23.7. The van der Waals surface area contributed by atoms with E-state index in [-0.39, 0.29) is 0 Å². The zero-order valence-electron chi connectivity index (χ0n) is 5.06. The van der Waals surface area contributed by atoms with Gasteiger partial charge in [0.05, 0.1) is 6.10 Å². The molecule has 0 heterocycles. The van der Waals surface area contributed by atoms with E-state index in [0.29, 0.717) is 12.8 Å². The van der Waals surface area contributed by atoms with Gasteiger partial charge < -0.3 is 5.11 Å². The van der Waals surface area contributed by atoms with Crippen molar-refractivity contribution in [1.29, 1.82) is 0 Å². The van der Waals surface area contributed by atoms with Gasteiger partial charge in [-0.3, -0.25) is 0 Å². The van der Waals surface area contributed by atoms with Crippen molar-refractivity contribution in [3.8, 4) is 0 Å². The zero-order valence-corrected chi connectivity index (χ0v) is 5.06. The number of hydrogen-bond acceptors (Lipinski definition) is 1. The molecule has 0 aliphatic heterocycles. The molecule has 0 spiro atoms. The summed E-state index contributed by atoms with van der Waals surface area (Å²) >= 11 is 0. The molecule has 0 amide bonds. The summed E-state index contributed by atoms with van der Waals surface area (Å²) in [5.41, 5.74) is 0. The summed E-state index contributed by atoms with van der Waals surface area (Å²) in [5.74, 6) is -0.745. The largest absolute Gasteiger partial charge is 0.393 e. The van der Waals surface area contributed by atoms with Gasteiger partial charge in [-0.05, 0) is 12.8 Å². The summed E-state index contributed by atoms with van der Waals surface area (Å²) in [6.45, 7) is 0. The van der Waals surface area contributed by atoms with Crippen molar-refractivity contribution in [3.63, 3.8) is 0 Å². The molecule has 9 heavy (non-hydrogen) atoms. The van der Waals surface area contributed by atoms with Gasteiger partial charge in [-0.15, -0.1) is 0 Å². The lowest BCUT2D eigenvalue weighted by molar-refractivity contribution is 0.0104. The third-order valence-corrected chi connectivity index (χ3v) is 1.86. The van der Waals surface area contributed by atoms with Crippen LogP contribution in [0.3, 0.4) is 0 Å². The van der Waals surface area contributed by atoms with Crippen LogP contribution in [0.2, 0.25) is 0 Å². The van der Waals surface area contributed by atoms with E-state index in [4.69, 9.17) is 5.11 Å². The predicted octanol–water partition coefficient (Wildman–Crippen LogP) is 1.41. The number of rotatable bonds is 1. The molecular formula is C6H10F2O. The van der Waals surface area contributed by atoms with E-state index in [0.717, 1.165) is 6.42 Å². The maximum absolute atomic E-state index is 11.8. The van der Waals surface area contributed by atoms with E-state index in [9.17, 15) is 8.78 Å². The van der Waals surface area contributed by atoms with Gasteiger partial charge in [0.2, 0.25) is 6.43 Å². The van der Waals surface area contributed by atoms with Crippen LogP contribution in [0.4, 0.5) is 8.78 Å². The molecule has 0 aromatic carbocycles. The summed E-state index contributed by atoms with van der Waals surface area (Å²) in [7, 11) is 0. The van der Waals surface area contributed by atoms with Crippen LogP contribution >= 0.6 is 0 Å². The second-order valence-corrected chi connectivity index (χ2v) is 2.50. The van der Waals surface area contributed by atoms with Crippen molar-refractivity contribution >= 4 is 0 Å². The number of alkyl halides is 2. The van der Waals surface area contributed by atoms with Gasteiger partial charge in [0, 0.05) is 5.92 Å². The molecule has 0 aromatic heterocycles. The van der Waals surface area contributed by atoms with Crippen LogP contribution in [-0.2, 0) is 0 Å². The molecule has 54 valence electrons. The second kappa shape index (κ2) is 2.60. The highest BCUT2D eigenvalue weighted by Gasteiger charge is 2.32. The molecule has 2 unspecified atom stereocenters. The summed E-state index contributed by atoms with van der Waals surface area (Å²) in [5, 5.41) is 8.88. The van der Waals surface area contributed by atoms with Gasteiger partial charge in [-0.1, -0.05) is 6.42 Å². The molecule has 1 saturated carbocycles. The fourth-order valence-electron chi connectivity index (χ4n) is 1.26. The Labute approximate surface area is 52.7 Å². The van der Waals surface area contributed by atoms with Crippen LogP contribution in [0, 0.1) is 5.92 Å². The van der Waals surface area contributed by atoms with Crippen molar-refractivity contribution < 1.29 is 13.9 Å². The standard InChI is InChI=1S/C6H10F2O/c7-6(8)4-2-1-3-5(4)9/h4-6,9H,1-3H2. The first-order valence-electron chi connectivity index (χ1n) is 3.18. The molecule has 1 aliphatic rings. The number of aliphatic hydroxyl groups is 1. The van der Waals surface area contributed by atoms with Gasteiger partial charge in [0.1, 0.15) is 0 Å². The maximum atomic E-state index is 11.8. The Balaban J connectivity index is 2.40. The Morgan fingerprint density at radius 3 is 2.22 bits per heavy atom. The fraction of sp³-hybridized carbons (Fsp3) is 1.00. The molecule has 1 rings (SSSR count). The van der Waals surface area contributed by atoms with E-state index >= 15 is 0 Å². The van der Waals surface area contributed by atoms with Crippen LogP contribution < -0.4 is 0 Å². The third-order valence-electron chi connectivity index (χ3n) is 1.86. The number of hydrogen-bond donors (Lipinski definition) is 1. The number of halogens is 2. The Hall–Kier alpha value is -0.180. The molecule has 0 radical (unpaired) electrons. The molecule has 1 N–H and O–H groups in total. The van der Waals surface area contributed by atoms with Crippen LogP contribution in [-0.4, -0.2) is 17.6 Å². The average molecular weight is 136 g/mol. The van der Waals surface area contributed by atoms with Crippen molar-refractivity contribution in [3.05, 3.63) is 0 Å². The van der Waals surface area contributed by atoms with Crippen molar-refractivity contribution in [1.82, 2.24) is 0 Å². The normalized spacial score (nSPS) is 36.0. The first-order chi connectivity index (χ1) is 4.22. The molecule has 1 fully saturated rings.